The molecule has 7 heteroatoms. The molecule has 2 atom stereocenters. The Kier molecular flexibility index (Phi) is 4.70. The average molecular weight is 301 g/mol. The first-order valence-electron chi connectivity index (χ1n) is 6.93. The first kappa shape index (κ1) is 15.3. The SMILES string of the molecule is COCC(C)Nc1nc(C)cn1CC1CCCS1(=O)=O. The van der Waals surface area contributed by atoms with E-state index in [-0.39, 0.29) is 11.3 Å². The topological polar surface area (TPSA) is 73.2 Å². The maximum atomic E-state index is 11.9. The monoisotopic (exact) mass is 301 g/mol. The molecule has 0 aromatic carbocycles. The van der Waals surface area contributed by atoms with Gasteiger partial charge >= 0.3 is 0 Å². The first-order valence-corrected chi connectivity index (χ1v) is 8.64. The number of ether oxygens (including phenoxy) is 1. The molecule has 1 saturated heterocycles. The summed E-state index contributed by atoms with van der Waals surface area (Å²) in [4.78, 5) is 4.42. The third kappa shape index (κ3) is 3.52. The average Bonchev–Trinajstić information content (AvgIpc) is 2.84. The molecule has 1 N–H and O–H groups in total. The van der Waals surface area contributed by atoms with Crippen LogP contribution in [0.4, 0.5) is 5.95 Å². The second kappa shape index (κ2) is 6.13. The van der Waals surface area contributed by atoms with Gasteiger partial charge in [-0.1, -0.05) is 0 Å². The third-order valence-electron chi connectivity index (χ3n) is 3.55. The maximum Gasteiger partial charge on any atom is 0.203 e. The highest BCUT2D eigenvalue weighted by Crippen LogP contribution is 2.23. The smallest absolute Gasteiger partial charge is 0.203 e. The van der Waals surface area contributed by atoms with Gasteiger partial charge in [0.05, 0.1) is 23.3 Å². The molecule has 6 nitrogen and oxygen atoms in total. The Balaban J connectivity index is 2.11. The highest BCUT2D eigenvalue weighted by atomic mass is 32.2. The molecule has 0 bridgehead atoms. The van der Waals surface area contributed by atoms with Gasteiger partial charge in [-0.3, -0.25) is 0 Å². The van der Waals surface area contributed by atoms with Crippen LogP contribution in [0.15, 0.2) is 6.20 Å². The van der Waals surface area contributed by atoms with Crippen molar-refractivity contribution >= 4 is 15.8 Å². The van der Waals surface area contributed by atoms with Crippen LogP contribution in [0.3, 0.4) is 0 Å². The Labute approximate surface area is 120 Å². The zero-order valence-electron chi connectivity index (χ0n) is 12.3. The van der Waals surface area contributed by atoms with Crippen LogP contribution in [0.1, 0.15) is 25.5 Å². The molecular weight excluding hydrogens is 278 g/mol. The minimum atomic E-state index is -2.93. The Morgan fingerprint density at radius 2 is 2.35 bits per heavy atom. The van der Waals surface area contributed by atoms with Crippen LogP contribution < -0.4 is 5.32 Å². The summed E-state index contributed by atoms with van der Waals surface area (Å²) in [6.45, 7) is 4.97. The van der Waals surface area contributed by atoms with Gasteiger partial charge in [-0.15, -0.1) is 0 Å². The second-order valence-electron chi connectivity index (χ2n) is 5.49. The van der Waals surface area contributed by atoms with E-state index in [1.165, 1.54) is 0 Å². The summed E-state index contributed by atoms with van der Waals surface area (Å²) >= 11 is 0. The summed E-state index contributed by atoms with van der Waals surface area (Å²) in [6.07, 6.45) is 3.41. The van der Waals surface area contributed by atoms with Crippen LogP contribution in [-0.2, 0) is 21.1 Å². The van der Waals surface area contributed by atoms with Gasteiger partial charge in [0.1, 0.15) is 0 Å². The number of aryl methyl sites for hydroxylation is 1. The zero-order valence-corrected chi connectivity index (χ0v) is 13.1. The molecule has 1 fully saturated rings. The molecule has 1 aliphatic heterocycles. The fourth-order valence-electron chi connectivity index (χ4n) is 2.60. The number of imidazole rings is 1. The van der Waals surface area contributed by atoms with Crippen LogP contribution in [0, 0.1) is 6.92 Å². The highest BCUT2D eigenvalue weighted by Gasteiger charge is 2.32. The Hall–Kier alpha value is -1.08. The first-order chi connectivity index (χ1) is 9.42. The van der Waals surface area contributed by atoms with E-state index in [4.69, 9.17) is 4.74 Å². The van der Waals surface area contributed by atoms with Gasteiger partial charge in [0, 0.05) is 25.9 Å². The highest BCUT2D eigenvalue weighted by molar-refractivity contribution is 7.92. The van der Waals surface area contributed by atoms with Gasteiger partial charge in [0.25, 0.3) is 0 Å². The van der Waals surface area contributed by atoms with Crippen LogP contribution >= 0.6 is 0 Å². The molecule has 20 heavy (non-hydrogen) atoms. The fourth-order valence-corrected chi connectivity index (χ4v) is 4.41. The Bertz CT molecular complexity index is 553. The van der Waals surface area contributed by atoms with Crippen molar-refractivity contribution in [3.63, 3.8) is 0 Å². The maximum absolute atomic E-state index is 11.9. The molecule has 1 aromatic heterocycles. The van der Waals surface area contributed by atoms with Gasteiger partial charge in [-0.25, -0.2) is 13.4 Å². The van der Waals surface area contributed by atoms with Crippen LogP contribution in [-0.4, -0.2) is 48.7 Å². The molecule has 1 aliphatic rings. The number of aromatic nitrogens is 2. The summed E-state index contributed by atoms with van der Waals surface area (Å²) in [5.74, 6) is 1.03. The van der Waals surface area contributed by atoms with E-state index in [1.807, 2.05) is 24.6 Å². The molecule has 0 saturated carbocycles. The number of nitrogens with zero attached hydrogens (tertiary/aromatic N) is 2. The lowest BCUT2D eigenvalue weighted by atomic mass is 10.2. The summed E-state index contributed by atoms with van der Waals surface area (Å²) in [5, 5.41) is 2.98. The van der Waals surface area contributed by atoms with Crippen molar-refractivity contribution < 1.29 is 13.2 Å². The Morgan fingerprint density at radius 3 is 2.95 bits per heavy atom. The molecule has 2 unspecified atom stereocenters. The van der Waals surface area contributed by atoms with Gasteiger partial charge in [-0.05, 0) is 26.7 Å². The van der Waals surface area contributed by atoms with E-state index < -0.39 is 9.84 Å². The number of rotatable bonds is 6. The molecule has 2 rings (SSSR count). The molecule has 0 amide bonds. The molecule has 0 aliphatic carbocycles. The summed E-state index contributed by atoms with van der Waals surface area (Å²) in [7, 11) is -1.28. The van der Waals surface area contributed by atoms with Gasteiger partial charge in [-0.2, -0.15) is 0 Å². The fraction of sp³-hybridized carbons (Fsp3) is 0.769. The lowest BCUT2D eigenvalue weighted by molar-refractivity contribution is 0.190. The quantitative estimate of drug-likeness (QED) is 0.855. The van der Waals surface area contributed by atoms with Gasteiger partial charge in [0.15, 0.2) is 9.84 Å². The molecular formula is C13H23N3O3S. The standard InChI is InChI=1S/C13H23N3O3S/c1-10-7-16(8-12-5-4-6-20(12,17)18)13(14-10)15-11(2)9-19-3/h7,11-12H,4-6,8-9H2,1-3H3,(H,14,15). The number of nitrogens with one attached hydrogen (secondary N) is 1. The predicted octanol–water partition coefficient (Wildman–Crippen LogP) is 1.22. The molecule has 114 valence electrons. The van der Waals surface area contributed by atoms with Crippen molar-refractivity contribution in [2.75, 3.05) is 24.8 Å². The van der Waals surface area contributed by atoms with Crippen molar-refractivity contribution in [2.24, 2.45) is 0 Å². The summed E-state index contributed by atoms with van der Waals surface area (Å²) in [5.41, 5.74) is 0.882. The third-order valence-corrected chi connectivity index (χ3v) is 5.81. The van der Waals surface area contributed by atoms with E-state index in [9.17, 15) is 8.42 Å². The van der Waals surface area contributed by atoms with Crippen LogP contribution in [0.5, 0.6) is 0 Å². The second-order valence-corrected chi connectivity index (χ2v) is 7.89. The number of hydrogen-bond donors (Lipinski definition) is 1. The van der Waals surface area contributed by atoms with Crippen molar-refractivity contribution in [2.45, 2.75) is 44.5 Å². The van der Waals surface area contributed by atoms with E-state index in [0.29, 0.717) is 24.9 Å². The predicted molar refractivity (Wildman–Crippen MR) is 78.7 cm³/mol. The van der Waals surface area contributed by atoms with E-state index in [0.717, 1.165) is 18.5 Å². The lowest BCUT2D eigenvalue weighted by Crippen LogP contribution is -2.26. The van der Waals surface area contributed by atoms with Crippen molar-refractivity contribution in [3.05, 3.63) is 11.9 Å². The van der Waals surface area contributed by atoms with E-state index in [2.05, 4.69) is 10.3 Å². The van der Waals surface area contributed by atoms with Crippen LogP contribution in [0.25, 0.3) is 0 Å². The number of methoxy groups -OCH3 is 1. The Morgan fingerprint density at radius 1 is 1.60 bits per heavy atom. The molecule has 0 spiro atoms. The lowest BCUT2D eigenvalue weighted by Gasteiger charge is -2.17. The number of sulfone groups is 1. The zero-order chi connectivity index (χ0) is 14.8. The normalized spacial score (nSPS) is 22.9. The number of hydrogen-bond acceptors (Lipinski definition) is 5. The molecule has 2 heterocycles. The van der Waals surface area contributed by atoms with Gasteiger partial charge < -0.3 is 14.6 Å². The molecule has 0 radical (unpaired) electrons. The van der Waals surface area contributed by atoms with Crippen LogP contribution in [0.2, 0.25) is 0 Å². The minimum Gasteiger partial charge on any atom is -0.383 e. The molecule has 1 aromatic rings. The van der Waals surface area contributed by atoms with E-state index in [1.54, 1.807) is 7.11 Å². The minimum absolute atomic E-state index is 0.126. The summed E-state index contributed by atoms with van der Waals surface area (Å²) < 4.78 is 30.9. The van der Waals surface area contributed by atoms with Crippen molar-refractivity contribution in [1.82, 2.24) is 9.55 Å². The van der Waals surface area contributed by atoms with Gasteiger partial charge in [0.2, 0.25) is 5.95 Å². The van der Waals surface area contributed by atoms with Crippen molar-refractivity contribution in [1.29, 1.82) is 0 Å². The number of anilines is 1. The largest absolute Gasteiger partial charge is 0.383 e. The summed E-state index contributed by atoms with van der Waals surface area (Å²) in [6, 6.07) is 0.126. The van der Waals surface area contributed by atoms with E-state index >= 15 is 0 Å². The van der Waals surface area contributed by atoms with Crippen molar-refractivity contribution in [3.8, 4) is 0 Å².